The number of hydrogen-bond acceptors (Lipinski definition) is 3. The molecule has 2 aromatic carbocycles. The highest BCUT2D eigenvalue weighted by Gasteiger charge is 1.98. The zero-order valence-electron chi connectivity index (χ0n) is 10.5. The average Bonchev–Trinajstić information content (AvgIpc) is 2.35. The number of nitrogens with one attached hydrogen (secondary N) is 1. The van der Waals surface area contributed by atoms with Gasteiger partial charge in [0.05, 0.1) is 6.61 Å². The summed E-state index contributed by atoms with van der Waals surface area (Å²) >= 11 is 0. The van der Waals surface area contributed by atoms with Gasteiger partial charge >= 0.3 is 0 Å². The minimum atomic E-state index is 0.0746. The monoisotopic (exact) mass is 242 g/mol. The molecule has 0 aliphatic heterocycles. The topological polar surface area (TPSA) is 58.3 Å². The molecular formula is C15H18N2O. The van der Waals surface area contributed by atoms with E-state index in [1.807, 2.05) is 43.3 Å². The van der Waals surface area contributed by atoms with Gasteiger partial charge in [-0.05, 0) is 41.8 Å². The SMILES string of the molecule is Cc1cc(N)cc(NCc2cccc(CO)c2)c1. The molecule has 0 bridgehead atoms. The lowest BCUT2D eigenvalue weighted by Gasteiger charge is -2.09. The lowest BCUT2D eigenvalue weighted by Crippen LogP contribution is -2.01. The molecule has 0 saturated carbocycles. The molecule has 0 atom stereocenters. The van der Waals surface area contributed by atoms with Crippen LogP contribution in [0.15, 0.2) is 42.5 Å². The summed E-state index contributed by atoms with van der Waals surface area (Å²) in [5, 5.41) is 12.4. The van der Waals surface area contributed by atoms with Gasteiger partial charge in [-0.25, -0.2) is 0 Å². The molecule has 0 spiro atoms. The van der Waals surface area contributed by atoms with Crippen LogP contribution in [0.1, 0.15) is 16.7 Å². The van der Waals surface area contributed by atoms with E-state index in [1.165, 1.54) is 0 Å². The number of aliphatic hydroxyl groups is 1. The fourth-order valence-corrected chi connectivity index (χ4v) is 1.96. The number of nitrogen functional groups attached to an aromatic ring is 1. The molecule has 0 aliphatic rings. The molecule has 0 amide bonds. The number of nitrogens with two attached hydrogens (primary N) is 1. The molecule has 3 heteroatoms. The van der Waals surface area contributed by atoms with E-state index >= 15 is 0 Å². The van der Waals surface area contributed by atoms with Gasteiger partial charge in [0.2, 0.25) is 0 Å². The zero-order chi connectivity index (χ0) is 13.0. The number of benzene rings is 2. The minimum absolute atomic E-state index is 0.0746. The van der Waals surface area contributed by atoms with Crippen molar-refractivity contribution in [2.45, 2.75) is 20.1 Å². The molecule has 0 unspecified atom stereocenters. The lowest BCUT2D eigenvalue weighted by atomic mass is 10.1. The zero-order valence-corrected chi connectivity index (χ0v) is 10.5. The van der Waals surface area contributed by atoms with Gasteiger partial charge in [0.15, 0.2) is 0 Å². The largest absolute Gasteiger partial charge is 0.399 e. The molecule has 0 radical (unpaired) electrons. The number of hydrogen-bond donors (Lipinski definition) is 3. The Bertz CT molecular complexity index is 518. The van der Waals surface area contributed by atoms with Crippen LogP contribution in [0.2, 0.25) is 0 Å². The molecule has 2 rings (SSSR count). The Balaban J connectivity index is 2.06. The maximum atomic E-state index is 9.08. The highest BCUT2D eigenvalue weighted by atomic mass is 16.3. The van der Waals surface area contributed by atoms with E-state index < -0.39 is 0 Å². The van der Waals surface area contributed by atoms with Crippen molar-refractivity contribution >= 4 is 11.4 Å². The van der Waals surface area contributed by atoms with E-state index in [9.17, 15) is 0 Å². The minimum Gasteiger partial charge on any atom is -0.399 e. The molecule has 2 aromatic rings. The van der Waals surface area contributed by atoms with Crippen molar-refractivity contribution < 1.29 is 5.11 Å². The van der Waals surface area contributed by atoms with E-state index in [-0.39, 0.29) is 6.61 Å². The van der Waals surface area contributed by atoms with Gasteiger partial charge in [0.25, 0.3) is 0 Å². The second-order valence-corrected chi connectivity index (χ2v) is 4.46. The fraction of sp³-hybridized carbons (Fsp3) is 0.200. The van der Waals surface area contributed by atoms with Crippen LogP contribution in [0.3, 0.4) is 0 Å². The van der Waals surface area contributed by atoms with Gasteiger partial charge in [-0.2, -0.15) is 0 Å². The normalized spacial score (nSPS) is 10.3. The Morgan fingerprint density at radius 1 is 1.11 bits per heavy atom. The van der Waals surface area contributed by atoms with Crippen molar-refractivity contribution in [3.63, 3.8) is 0 Å². The van der Waals surface area contributed by atoms with E-state index in [2.05, 4.69) is 11.4 Å². The summed E-state index contributed by atoms with van der Waals surface area (Å²) in [5.74, 6) is 0. The van der Waals surface area contributed by atoms with E-state index in [1.54, 1.807) is 0 Å². The van der Waals surface area contributed by atoms with Gasteiger partial charge in [0, 0.05) is 17.9 Å². The molecule has 0 aliphatic carbocycles. The highest BCUT2D eigenvalue weighted by molar-refractivity contribution is 5.56. The summed E-state index contributed by atoms with van der Waals surface area (Å²) in [6.45, 7) is 2.82. The van der Waals surface area contributed by atoms with E-state index in [0.29, 0.717) is 0 Å². The second-order valence-electron chi connectivity index (χ2n) is 4.46. The van der Waals surface area contributed by atoms with Crippen molar-refractivity contribution in [3.8, 4) is 0 Å². The Labute approximate surface area is 107 Å². The fourth-order valence-electron chi connectivity index (χ4n) is 1.96. The summed E-state index contributed by atoms with van der Waals surface area (Å²) in [6.07, 6.45) is 0. The molecule has 94 valence electrons. The van der Waals surface area contributed by atoms with Crippen molar-refractivity contribution in [3.05, 3.63) is 59.2 Å². The summed E-state index contributed by atoms with van der Waals surface area (Å²) < 4.78 is 0. The maximum absolute atomic E-state index is 9.08. The van der Waals surface area contributed by atoms with Crippen molar-refractivity contribution in [2.75, 3.05) is 11.1 Å². The predicted molar refractivity (Wildman–Crippen MR) is 75.3 cm³/mol. The average molecular weight is 242 g/mol. The first-order chi connectivity index (χ1) is 8.67. The van der Waals surface area contributed by atoms with Crippen molar-refractivity contribution in [1.82, 2.24) is 0 Å². The van der Waals surface area contributed by atoms with Gasteiger partial charge in [-0.15, -0.1) is 0 Å². The van der Waals surface area contributed by atoms with E-state index in [4.69, 9.17) is 10.8 Å². The molecule has 18 heavy (non-hydrogen) atoms. The van der Waals surface area contributed by atoms with Crippen LogP contribution in [0.25, 0.3) is 0 Å². The van der Waals surface area contributed by atoms with Gasteiger partial charge < -0.3 is 16.2 Å². The number of rotatable bonds is 4. The van der Waals surface area contributed by atoms with E-state index in [0.717, 1.165) is 34.6 Å². The molecule has 0 aromatic heterocycles. The third-order valence-corrected chi connectivity index (χ3v) is 2.77. The van der Waals surface area contributed by atoms with Crippen LogP contribution in [0, 0.1) is 6.92 Å². The molecule has 0 heterocycles. The van der Waals surface area contributed by atoms with Gasteiger partial charge in [0.1, 0.15) is 0 Å². The summed E-state index contributed by atoms with van der Waals surface area (Å²) in [6, 6.07) is 13.8. The van der Waals surface area contributed by atoms with Crippen LogP contribution in [0.5, 0.6) is 0 Å². The van der Waals surface area contributed by atoms with Gasteiger partial charge in [-0.3, -0.25) is 0 Å². The van der Waals surface area contributed by atoms with Crippen LogP contribution in [-0.4, -0.2) is 5.11 Å². The Kier molecular flexibility index (Phi) is 3.85. The van der Waals surface area contributed by atoms with Crippen LogP contribution in [0.4, 0.5) is 11.4 Å². The first kappa shape index (κ1) is 12.5. The summed E-state index contributed by atoms with van der Waals surface area (Å²) in [7, 11) is 0. The summed E-state index contributed by atoms with van der Waals surface area (Å²) in [5.41, 5.74) is 10.8. The number of aryl methyl sites for hydroxylation is 1. The third kappa shape index (κ3) is 3.25. The first-order valence-electron chi connectivity index (χ1n) is 5.97. The van der Waals surface area contributed by atoms with Crippen LogP contribution < -0.4 is 11.1 Å². The third-order valence-electron chi connectivity index (χ3n) is 2.77. The van der Waals surface area contributed by atoms with Crippen LogP contribution >= 0.6 is 0 Å². The smallest absolute Gasteiger partial charge is 0.0681 e. The van der Waals surface area contributed by atoms with Crippen molar-refractivity contribution in [1.29, 1.82) is 0 Å². The quantitative estimate of drug-likeness (QED) is 0.722. The molecule has 0 fully saturated rings. The Morgan fingerprint density at radius 3 is 2.61 bits per heavy atom. The Morgan fingerprint density at radius 2 is 1.89 bits per heavy atom. The second kappa shape index (κ2) is 5.56. The molecule has 4 N–H and O–H groups in total. The first-order valence-corrected chi connectivity index (χ1v) is 5.97. The highest BCUT2D eigenvalue weighted by Crippen LogP contribution is 2.17. The standard InChI is InChI=1S/C15H18N2O/c1-11-5-14(16)8-15(6-11)17-9-12-3-2-4-13(7-12)10-18/h2-8,17-18H,9-10,16H2,1H3. The maximum Gasteiger partial charge on any atom is 0.0681 e. The van der Waals surface area contributed by atoms with Gasteiger partial charge in [-0.1, -0.05) is 24.3 Å². The molecule has 0 saturated heterocycles. The number of aliphatic hydroxyl groups excluding tert-OH is 1. The van der Waals surface area contributed by atoms with Crippen molar-refractivity contribution in [2.24, 2.45) is 0 Å². The summed E-state index contributed by atoms with van der Waals surface area (Å²) in [4.78, 5) is 0. The predicted octanol–water partition coefficient (Wildman–Crippen LogP) is 2.68. The molecule has 3 nitrogen and oxygen atoms in total. The molecular weight excluding hydrogens is 224 g/mol. The lowest BCUT2D eigenvalue weighted by molar-refractivity contribution is 0.281. The number of anilines is 2. The van der Waals surface area contributed by atoms with Crippen LogP contribution in [-0.2, 0) is 13.2 Å². The Hall–Kier alpha value is -2.00.